The monoisotopic (exact) mass is 416 g/mol. The Bertz CT molecular complexity index is 1100. The molecule has 158 valence electrons. The zero-order valence-electron chi connectivity index (χ0n) is 17.3. The smallest absolute Gasteiger partial charge is 0.257 e. The highest BCUT2D eigenvalue weighted by atomic mass is 16.5. The van der Waals surface area contributed by atoms with Crippen LogP contribution in [0.25, 0.3) is 11.3 Å². The van der Waals surface area contributed by atoms with Crippen LogP contribution in [0.4, 0.5) is 0 Å². The third kappa shape index (κ3) is 3.21. The van der Waals surface area contributed by atoms with Crippen molar-refractivity contribution >= 4 is 11.8 Å². The first-order chi connectivity index (χ1) is 15.1. The van der Waals surface area contributed by atoms with Gasteiger partial charge in [0.15, 0.2) is 0 Å². The van der Waals surface area contributed by atoms with E-state index in [1.165, 1.54) is 0 Å². The summed E-state index contributed by atoms with van der Waals surface area (Å²) in [5.74, 6) is -0.256. The van der Waals surface area contributed by atoms with Gasteiger partial charge in [-0.05, 0) is 25.0 Å². The lowest BCUT2D eigenvalue weighted by atomic mass is 9.80. The molecular weight excluding hydrogens is 392 g/mol. The van der Waals surface area contributed by atoms with Crippen molar-refractivity contribution in [1.82, 2.24) is 20.4 Å². The molecule has 2 N–H and O–H groups in total. The third-order valence-corrected chi connectivity index (χ3v) is 6.50. The van der Waals surface area contributed by atoms with Crippen molar-refractivity contribution < 1.29 is 14.3 Å². The molecule has 1 aliphatic carbocycles. The lowest BCUT2D eigenvalue weighted by Crippen LogP contribution is -2.77. The number of nitrogens with zero attached hydrogens (tertiary/aromatic N) is 2. The second-order valence-corrected chi connectivity index (χ2v) is 8.29. The van der Waals surface area contributed by atoms with Crippen molar-refractivity contribution in [2.45, 2.75) is 24.0 Å². The van der Waals surface area contributed by atoms with Gasteiger partial charge in [0.25, 0.3) is 11.8 Å². The fourth-order valence-corrected chi connectivity index (χ4v) is 4.54. The number of methoxy groups -OCH3 is 1. The van der Waals surface area contributed by atoms with Gasteiger partial charge in [-0.1, -0.05) is 48.5 Å². The Kier molecular flexibility index (Phi) is 4.63. The minimum atomic E-state index is -0.596. The summed E-state index contributed by atoms with van der Waals surface area (Å²) in [6.07, 6.45) is 3.29. The Morgan fingerprint density at radius 2 is 1.68 bits per heavy atom. The maximum absolute atomic E-state index is 13.3. The number of carbonyl (C=O) groups excluding carboxylic acids is 2. The maximum atomic E-state index is 13.3. The van der Waals surface area contributed by atoms with Crippen LogP contribution in [0.3, 0.4) is 0 Å². The molecule has 2 amide bonds. The van der Waals surface area contributed by atoms with Crippen LogP contribution in [-0.2, 0) is 4.74 Å². The largest absolute Gasteiger partial charge is 0.376 e. The lowest BCUT2D eigenvalue weighted by molar-refractivity contribution is -0.0708. The Labute approximate surface area is 180 Å². The number of H-pyrrole nitrogens is 1. The molecule has 0 unspecified atom stereocenters. The summed E-state index contributed by atoms with van der Waals surface area (Å²) in [7, 11) is 1.68. The Morgan fingerprint density at radius 3 is 2.29 bits per heavy atom. The van der Waals surface area contributed by atoms with Crippen LogP contribution in [-0.4, -0.2) is 58.3 Å². The normalized spacial score (nSPS) is 18.2. The van der Waals surface area contributed by atoms with E-state index in [2.05, 4.69) is 15.5 Å². The van der Waals surface area contributed by atoms with Crippen LogP contribution in [0.15, 0.2) is 66.9 Å². The number of hydrogen-bond donors (Lipinski definition) is 2. The quantitative estimate of drug-likeness (QED) is 0.647. The second-order valence-electron chi connectivity index (χ2n) is 8.29. The zero-order chi connectivity index (χ0) is 21.5. The molecule has 0 spiro atoms. The van der Waals surface area contributed by atoms with E-state index in [1.807, 2.05) is 48.5 Å². The highest BCUT2D eigenvalue weighted by molar-refractivity contribution is 6.01. The summed E-state index contributed by atoms with van der Waals surface area (Å²) < 4.78 is 5.83. The van der Waals surface area contributed by atoms with Crippen LogP contribution in [0.2, 0.25) is 0 Å². The van der Waals surface area contributed by atoms with E-state index in [0.29, 0.717) is 29.9 Å². The van der Waals surface area contributed by atoms with E-state index in [9.17, 15) is 9.59 Å². The topological polar surface area (TPSA) is 87.3 Å². The van der Waals surface area contributed by atoms with Crippen LogP contribution in [0.1, 0.15) is 33.6 Å². The Morgan fingerprint density at radius 1 is 1.03 bits per heavy atom. The molecule has 1 saturated heterocycles. The first-order valence-electron chi connectivity index (χ1n) is 10.4. The molecule has 2 fully saturated rings. The van der Waals surface area contributed by atoms with E-state index in [0.717, 1.165) is 18.4 Å². The third-order valence-electron chi connectivity index (χ3n) is 6.50. The summed E-state index contributed by atoms with van der Waals surface area (Å²) >= 11 is 0. The molecule has 0 bridgehead atoms. The summed E-state index contributed by atoms with van der Waals surface area (Å²) in [4.78, 5) is 27.9. The average Bonchev–Trinajstić information content (AvgIpc) is 3.44. The molecule has 5 rings (SSSR count). The molecule has 7 nitrogen and oxygen atoms in total. The van der Waals surface area contributed by atoms with E-state index in [-0.39, 0.29) is 11.8 Å². The number of rotatable bonds is 6. The number of amides is 2. The molecule has 0 radical (unpaired) electrons. The lowest BCUT2D eigenvalue weighted by Gasteiger charge is -2.54. The highest BCUT2D eigenvalue weighted by Crippen LogP contribution is 2.52. The molecule has 31 heavy (non-hydrogen) atoms. The number of benzene rings is 2. The molecule has 2 aliphatic rings. The zero-order valence-corrected chi connectivity index (χ0v) is 17.3. The van der Waals surface area contributed by atoms with Gasteiger partial charge in [-0.2, -0.15) is 5.10 Å². The van der Waals surface area contributed by atoms with E-state index >= 15 is 0 Å². The molecule has 1 aromatic heterocycles. The van der Waals surface area contributed by atoms with Gasteiger partial charge in [-0.3, -0.25) is 14.7 Å². The van der Waals surface area contributed by atoms with Crippen molar-refractivity contribution in [3.8, 4) is 11.3 Å². The molecule has 0 atom stereocenters. The van der Waals surface area contributed by atoms with Crippen molar-refractivity contribution in [3.63, 3.8) is 0 Å². The number of likely N-dealkylation sites (tertiary alicyclic amines) is 1. The molecule has 7 heteroatoms. The fourth-order valence-electron chi connectivity index (χ4n) is 4.54. The van der Waals surface area contributed by atoms with Crippen LogP contribution in [0, 0.1) is 0 Å². The van der Waals surface area contributed by atoms with Gasteiger partial charge < -0.3 is 15.0 Å². The van der Waals surface area contributed by atoms with Gasteiger partial charge in [-0.25, -0.2) is 0 Å². The second kappa shape index (κ2) is 7.35. The van der Waals surface area contributed by atoms with E-state index in [4.69, 9.17) is 4.74 Å². The number of ether oxygens (including phenoxy) is 1. The van der Waals surface area contributed by atoms with Crippen molar-refractivity contribution in [2.24, 2.45) is 0 Å². The number of aromatic nitrogens is 2. The minimum absolute atomic E-state index is 0.107. The maximum Gasteiger partial charge on any atom is 0.257 e. The van der Waals surface area contributed by atoms with Gasteiger partial charge in [0.2, 0.25) is 0 Å². The molecule has 1 saturated carbocycles. The SMILES string of the molecule is COC1(C2(NC(=O)c3ccccc3)CN(C(=O)c3cn[nH]c3-c3ccccc3)C2)CC1. The van der Waals surface area contributed by atoms with Crippen LogP contribution in [0.5, 0.6) is 0 Å². The summed E-state index contributed by atoms with van der Waals surface area (Å²) in [6.45, 7) is 0.801. The average molecular weight is 416 g/mol. The number of aromatic amines is 1. The van der Waals surface area contributed by atoms with Gasteiger partial charge in [-0.15, -0.1) is 0 Å². The highest BCUT2D eigenvalue weighted by Gasteiger charge is 2.66. The molecular formula is C24H24N4O3. The van der Waals surface area contributed by atoms with E-state index < -0.39 is 11.1 Å². The summed E-state index contributed by atoms with van der Waals surface area (Å²) in [5, 5.41) is 10.2. The Balaban J connectivity index is 1.37. The predicted molar refractivity (Wildman–Crippen MR) is 116 cm³/mol. The van der Waals surface area contributed by atoms with Gasteiger partial charge in [0.05, 0.1) is 23.1 Å². The first-order valence-corrected chi connectivity index (χ1v) is 10.4. The summed E-state index contributed by atoms with van der Waals surface area (Å²) in [6, 6.07) is 18.8. The molecule has 3 aromatic rings. The molecule has 2 aromatic carbocycles. The minimum Gasteiger partial charge on any atom is -0.376 e. The van der Waals surface area contributed by atoms with Crippen molar-refractivity contribution in [1.29, 1.82) is 0 Å². The predicted octanol–water partition coefficient (Wildman–Crippen LogP) is 2.88. The number of carbonyl (C=O) groups is 2. The Hall–Kier alpha value is -3.45. The van der Waals surface area contributed by atoms with Gasteiger partial charge >= 0.3 is 0 Å². The van der Waals surface area contributed by atoms with Gasteiger partial charge in [0, 0.05) is 31.3 Å². The fraction of sp³-hybridized carbons (Fsp3) is 0.292. The summed E-state index contributed by atoms with van der Waals surface area (Å²) in [5.41, 5.74) is 1.71. The van der Waals surface area contributed by atoms with Crippen LogP contribution >= 0.6 is 0 Å². The molecule has 2 heterocycles. The standard InChI is InChI=1S/C24H24N4O3/c1-31-24(12-13-24)23(26-21(29)18-10-6-3-7-11-18)15-28(16-23)22(30)19-14-25-27-20(19)17-8-4-2-5-9-17/h2-11,14H,12-13,15-16H2,1H3,(H,25,27)(H,26,29). The van der Waals surface area contributed by atoms with Crippen molar-refractivity contribution in [2.75, 3.05) is 20.2 Å². The van der Waals surface area contributed by atoms with Gasteiger partial charge in [0.1, 0.15) is 5.54 Å². The van der Waals surface area contributed by atoms with Crippen LogP contribution < -0.4 is 5.32 Å². The van der Waals surface area contributed by atoms with Crippen molar-refractivity contribution in [3.05, 3.63) is 78.0 Å². The van der Waals surface area contributed by atoms with E-state index in [1.54, 1.807) is 30.3 Å². The molecule has 1 aliphatic heterocycles. The number of hydrogen-bond acceptors (Lipinski definition) is 4. The first kappa shape index (κ1) is 19.5. The number of nitrogens with one attached hydrogen (secondary N) is 2.